The van der Waals surface area contributed by atoms with Crippen LogP contribution in [0, 0.1) is 57.7 Å². The van der Waals surface area contributed by atoms with E-state index in [1.54, 1.807) is 13.8 Å². The smallest absolute Gasteiger partial charge is 0.339 e. The van der Waals surface area contributed by atoms with Gasteiger partial charge in [-0.3, -0.25) is 28.8 Å². The Bertz CT molecular complexity index is 1600. The first-order valence-corrected chi connectivity index (χ1v) is 17.5. The molecule has 5 saturated carbocycles. The Hall–Kier alpha value is -3.39. The van der Waals surface area contributed by atoms with Crippen molar-refractivity contribution in [3.63, 3.8) is 0 Å². The highest BCUT2D eigenvalue weighted by atomic mass is 16.6. The van der Waals surface area contributed by atoms with Gasteiger partial charge in [0.25, 0.3) is 0 Å². The zero-order valence-corrected chi connectivity index (χ0v) is 29.8. The summed E-state index contributed by atoms with van der Waals surface area (Å²) in [5.41, 5.74) is -6.49. The molecule has 14 heteroatoms. The molecule has 2 saturated heterocycles. The first kappa shape index (κ1) is 35.0. The summed E-state index contributed by atoms with van der Waals surface area (Å²) in [5, 5.41) is 11.8. The van der Waals surface area contributed by atoms with E-state index in [0.717, 1.165) is 0 Å². The van der Waals surface area contributed by atoms with Crippen LogP contribution in [-0.2, 0) is 62.0 Å². The van der Waals surface area contributed by atoms with Crippen molar-refractivity contribution in [1.29, 1.82) is 0 Å². The number of carbonyl (C=O) groups excluding carboxylic acids is 7. The Labute approximate surface area is 289 Å². The number of fused-ring (bicyclic) bond motifs is 8. The number of hydrogen-bond donors (Lipinski definition) is 1. The van der Waals surface area contributed by atoms with E-state index >= 15 is 0 Å². The minimum absolute atomic E-state index is 0.0176. The number of Topliss-reactive ketones (excluding diaryl/α,β-unsaturated/α-hetero) is 2. The first-order chi connectivity index (χ1) is 23.1. The topological polar surface area (TPSA) is 198 Å². The van der Waals surface area contributed by atoms with Gasteiger partial charge in [0.1, 0.15) is 36.3 Å². The summed E-state index contributed by atoms with van der Waals surface area (Å²) in [6.45, 7) is 13.1. The van der Waals surface area contributed by atoms with Gasteiger partial charge in [0.05, 0.1) is 11.5 Å². The van der Waals surface area contributed by atoms with Crippen LogP contribution in [0.15, 0.2) is 0 Å². The number of esters is 5. The van der Waals surface area contributed by atoms with E-state index in [1.807, 2.05) is 13.8 Å². The van der Waals surface area contributed by atoms with E-state index < -0.39 is 142 Å². The number of epoxide rings is 1. The summed E-state index contributed by atoms with van der Waals surface area (Å²) in [5.74, 6) is -10.3. The number of ketones is 2. The fourth-order valence-electron chi connectivity index (χ4n) is 12.5. The van der Waals surface area contributed by atoms with E-state index in [1.165, 1.54) is 34.6 Å². The summed E-state index contributed by atoms with van der Waals surface area (Å²) in [7, 11) is 0. The Morgan fingerprint density at radius 2 is 1.32 bits per heavy atom. The maximum atomic E-state index is 14.9. The molecule has 0 amide bonds. The van der Waals surface area contributed by atoms with Crippen LogP contribution in [-0.4, -0.2) is 94.8 Å². The lowest BCUT2D eigenvalue weighted by Gasteiger charge is -2.65. The van der Waals surface area contributed by atoms with Crippen LogP contribution in [0.4, 0.5) is 0 Å². The molecule has 0 aromatic heterocycles. The lowest BCUT2D eigenvalue weighted by atomic mass is 9.41. The lowest BCUT2D eigenvalue weighted by Crippen LogP contribution is -2.75. The van der Waals surface area contributed by atoms with Crippen LogP contribution in [0.5, 0.6) is 0 Å². The van der Waals surface area contributed by atoms with Crippen molar-refractivity contribution in [2.45, 2.75) is 123 Å². The van der Waals surface area contributed by atoms with E-state index in [4.69, 9.17) is 28.4 Å². The summed E-state index contributed by atoms with van der Waals surface area (Å²) in [4.78, 5) is 94.6. The van der Waals surface area contributed by atoms with Crippen molar-refractivity contribution < 1.29 is 67.1 Å². The van der Waals surface area contributed by atoms with Gasteiger partial charge in [0.2, 0.25) is 0 Å². The summed E-state index contributed by atoms with van der Waals surface area (Å²) >= 11 is 0. The molecule has 7 aliphatic rings. The van der Waals surface area contributed by atoms with E-state index in [9.17, 15) is 38.7 Å². The molecule has 274 valence electrons. The average Bonchev–Trinajstić information content (AvgIpc) is 3.71. The summed E-state index contributed by atoms with van der Waals surface area (Å²) in [6.07, 6.45) is -6.87. The Kier molecular flexibility index (Phi) is 7.58. The molecule has 0 aromatic carbocycles. The van der Waals surface area contributed by atoms with E-state index in [2.05, 4.69) is 0 Å². The number of rotatable bonds is 4. The van der Waals surface area contributed by atoms with Gasteiger partial charge in [-0.05, 0) is 32.1 Å². The molecular weight excluding hydrogens is 656 g/mol. The maximum absolute atomic E-state index is 14.9. The second-order valence-electron chi connectivity index (χ2n) is 16.7. The van der Waals surface area contributed by atoms with Crippen LogP contribution in [0.3, 0.4) is 0 Å². The highest BCUT2D eigenvalue weighted by Crippen LogP contribution is 2.76. The van der Waals surface area contributed by atoms with Gasteiger partial charge < -0.3 is 33.5 Å². The first-order valence-electron chi connectivity index (χ1n) is 17.5. The van der Waals surface area contributed by atoms with Crippen LogP contribution in [0.1, 0.15) is 75.2 Å². The Balaban J connectivity index is 1.55. The molecule has 50 heavy (non-hydrogen) atoms. The third-order valence-electron chi connectivity index (χ3n) is 14.3. The number of hydrogen-bond acceptors (Lipinski definition) is 14. The molecule has 0 spiro atoms. The number of carbonyl (C=O) groups is 7. The molecule has 14 nitrogen and oxygen atoms in total. The fraction of sp³-hybridized carbons (Fsp3) is 0.806. The van der Waals surface area contributed by atoms with Crippen molar-refractivity contribution in [3.05, 3.63) is 0 Å². The Morgan fingerprint density at radius 1 is 0.740 bits per heavy atom. The minimum Gasteiger partial charge on any atom is -0.460 e. The lowest BCUT2D eigenvalue weighted by molar-refractivity contribution is -0.275. The molecule has 5 aliphatic carbocycles. The van der Waals surface area contributed by atoms with Crippen molar-refractivity contribution in [2.75, 3.05) is 0 Å². The molecule has 0 bridgehead atoms. The molecule has 2 aliphatic heterocycles. The monoisotopic (exact) mass is 702 g/mol. The van der Waals surface area contributed by atoms with E-state index in [0.29, 0.717) is 0 Å². The molecule has 7 fully saturated rings. The van der Waals surface area contributed by atoms with Gasteiger partial charge in [-0.2, -0.15) is 0 Å². The Morgan fingerprint density at radius 3 is 1.90 bits per heavy atom. The van der Waals surface area contributed by atoms with Crippen molar-refractivity contribution in [2.24, 2.45) is 57.7 Å². The number of ether oxygens (including phenoxy) is 6. The van der Waals surface area contributed by atoms with Gasteiger partial charge in [-0.1, -0.05) is 20.8 Å². The van der Waals surface area contributed by atoms with Crippen LogP contribution in [0.25, 0.3) is 0 Å². The third kappa shape index (κ3) is 4.23. The van der Waals surface area contributed by atoms with Gasteiger partial charge in [0, 0.05) is 74.5 Å². The van der Waals surface area contributed by atoms with Crippen LogP contribution < -0.4 is 0 Å². The molecular formula is C36H46O14. The summed E-state index contributed by atoms with van der Waals surface area (Å²) in [6, 6.07) is 0. The highest BCUT2D eigenvalue weighted by molar-refractivity contribution is 5.96. The molecule has 2 heterocycles. The second-order valence-corrected chi connectivity index (χ2v) is 16.7. The van der Waals surface area contributed by atoms with Gasteiger partial charge in [-0.15, -0.1) is 0 Å². The second kappa shape index (κ2) is 10.8. The maximum Gasteiger partial charge on any atom is 0.339 e. The molecule has 0 aromatic rings. The van der Waals surface area contributed by atoms with Gasteiger partial charge in [-0.25, -0.2) is 4.79 Å². The molecule has 18 unspecified atom stereocenters. The quantitative estimate of drug-likeness (QED) is 0.251. The fourth-order valence-corrected chi connectivity index (χ4v) is 12.5. The van der Waals surface area contributed by atoms with Crippen molar-refractivity contribution >= 4 is 41.4 Å². The molecule has 7 rings (SSSR count). The SMILES string of the molecule is CC(=O)OC1C(=O)C2CC3OC3C(OC(C)=O)C2(C)C2C(OC(C)=O)C(OC(C)=O)C3(C)C(C4OC(=O)C(C)(O)C5(C)C(=O)CC(C)C3C45)C12. The molecule has 18 atom stereocenters. The average molecular weight is 703 g/mol. The van der Waals surface area contributed by atoms with Crippen LogP contribution in [0.2, 0.25) is 0 Å². The molecule has 0 radical (unpaired) electrons. The standard InChI is InChI=1S/C36H46O14/c1-12-10-19(41)35(8)24-21(12)34(7)22(28(24)50-32(43)36(35,9)44)20-23(29(46-14(3)38)31(34)48-16(5)40)33(6)17(25(42)27(20)45-13(2)37)11-18-26(49-18)30(33)47-15(4)39/h12,17-18,20-24,26-31,44H,10-11H2,1-9H3. The van der Waals surface area contributed by atoms with Gasteiger partial charge in [0.15, 0.2) is 17.5 Å². The van der Waals surface area contributed by atoms with Crippen molar-refractivity contribution in [3.8, 4) is 0 Å². The highest BCUT2D eigenvalue weighted by Gasteiger charge is 2.85. The van der Waals surface area contributed by atoms with Crippen LogP contribution >= 0.6 is 0 Å². The normalized spacial score (nSPS) is 52.5. The van der Waals surface area contributed by atoms with E-state index in [-0.39, 0.29) is 18.6 Å². The predicted molar refractivity (Wildman–Crippen MR) is 165 cm³/mol. The van der Waals surface area contributed by atoms with Gasteiger partial charge >= 0.3 is 29.8 Å². The summed E-state index contributed by atoms with van der Waals surface area (Å²) < 4.78 is 36.5. The zero-order chi connectivity index (χ0) is 36.8. The number of aliphatic hydroxyl groups is 1. The van der Waals surface area contributed by atoms with Crippen molar-refractivity contribution in [1.82, 2.24) is 0 Å². The molecule has 1 N–H and O–H groups in total. The minimum atomic E-state index is -2.23. The third-order valence-corrected chi connectivity index (χ3v) is 14.3. The zero-order valence-electron chi connectivity index (χ0n) is 29.8. The largest absolute Gasteiger partial charge is 0.460 e. The predicted octanol–water partition coefficient (Wildman–Crippen LogP) is 1.50.